The molecule has 0 fully saturated rings. The van der Waals surface area contributed by atoms with E-state index in [-0.39, 0.29) is 12.4 Å². The zero-order chi connectivity index (χ0) is 8.97. The summed E-state index contributed by atoms with van der Waals surface area (Å²) in [6.07, 6.45) is 0. The lowest BCUT2D eigenvalue weighted by Gasteiger charge is -2.10. The first-order valence-corrected chi connectivity index (χ1v) is 4.09. The van der Waals surface area contributed by atoms with Crippen LogP contribution in [-0.2, 0) is 0 Å². The molecule has 0 aliphatic carbocycles. The second-order valence-corrected chi connectivity index (χ2v) is 2.78. The number of nitrogens with one attached hydrogen (secondary N) is 1. The van der Waals surface area contributed by atoms with Gasteiger partial charge in [-0.25, -0.2) is 0 Å². The van der Waals surface area contributed by atoms with Crippen LogP contribution in [0.15, 0.2) is 24.3 Å². The predicted octanol–water partition coefficient (Wildman–Crippen LogP) is 2.40. The van der Waals surface area contributed by atoms with Crippen molar-refractivity contribution in [3.63, 3.8) is 0 Å². The van der Waals surface area contributed by atoms with E-state index in [0.717, 1.165) is 5.75 Å². The molecule has 0 radical (unpaired) electrons. The molecule has 0 spiro atoms. The molecule has 1 rings (SSSR count). The third-order valence-corrected chi connectivity index (χ3v) is 2.05. The van der Waals surface area contributed by atoms with Crippen LogP contribution in [0, 0.1) is 0 Å². The van der Waals surface area contributed by atoms with Crippen LogP contribution in [0.4, 0.5) is 0 Å². The third-order valence-electron chi connectivity index (χ3n) is 2.05. The van der Waals surface area contributed by atoms with Crippen LogP contribution in [0.2, 0.25) is 0 Å². The summed E-state index contributed by atoms with van der Waals surface area (Å²) in [5, 5.41) is 3.18. The smallest absolute Gasteiger partial charge is 0.118 e. The highest BCUT2D eigenvalue weighted by atomic mass is 35.5. The first-order chi connectivity index (χ1) is 5.77. The summed E-state index contributed by atoms with van der Waals surface area (Å²) < 4.78 is 5.06. The summed E-state index contributed by atoms with van der Waals surface area (Å²) >= 11 is 0. The van der Waals surface area contributed by atoms with Gasteiger partial charge in [-0.3, -0.25) is 0 Å². The molecule has 2 nitrogen and oxygen atoms in total. The molecule has 0 aromatic heterocycles. The van der Waals surface area contributed by atoms with Crippen molar-refractivity contribution < 1.29 is 4.74 Å². The van der Waals surface area contributed by atoms with E-state index in [0.29, 0.717) is 6.04 Å². The van der Waals surface area contributed by atoms with Gasteiger partial charge in [0.1, 0.15) is 5.75 Å². The Kier molecular flexibility index (Phi) is 5.51. The van der Waals surface area contributed by atoms with Crippen molar-refractivity contribution in [2.45, 2.75) is 13.0 Å². The zero-order valence-corrected chi connectivity index (χ0v) is 9.02. The molecule has 0 bridgehead atoms. The maximum absolute atomic E-state index is 5.06. The minimum atomic E-state index is 0. The topological polar surface area (TPSA) is 21.3 Å². The van der Waals surface area contributed by atoms with Gasteiger partial charge < -0.3 is 10.1 Å². The van der Waals surface area contributed by atoms with Gasteiger partial charge in [0, 0.05) is 6.04 Å². The quantitative estimate of drug-likeness (QED) is 0.811. The Morgan fingerprint density at radius 1 is 1.23 bits per heavy atom. The van der Waals surface area contributed by atoms with Crippen molar-refractivity contribution in [2.24, 2.45) is 0 Å². The molecule has 1 aromatic rings. The highest BCUT2D eigenvalue weighted by Crippen LogP contribution is 2.16. The maximum Gasteiger partial charge on any atom is 0.118 e. The Hall–Kier alpha value is -0.730. The van der Waals surface area contributed by atoms with Crippen molar-refractivity contribution in [2.75, 3.05) is 14.2 Å². The lowest BCUT2D eigenvalue weighted by atomic mass is 10.1. The average molecular weight is 202 g/mol. The molecule has 13 heavy (non-hydrogen) atoms. The summed E-state index contributed by atoms with van der Waals surface area (Å²) in [4.78, 5) is 0. The fraction of sp³-hybridized carbons (Fsp3) is 0.400. The molecule has 1 unspecified atom stereocenters. The highest BCUT2D eigenvalue weighted by molar-refractivity contribution is 5.85. The SMILES string of the molecule is CNC(C)c1ccc(OC)cc1.Cl. The first-order valence-electron chi connectivity index (χ1n) is 4.09. The van der Waals surface area contributed by atoms with Crippen LogP contribution in [0.1, 0.15) is 18.5 Å². The van der Waals surface area contributed by atoms with E-state index in [9.17, 15) is 0 Å². The largest absolute Gasteiger partial charge is 0.497 e. The molecule has 0 aliphatic rings. The minimum Gasteiger partial charge on any atom is -0.497 e. The van der Waals surface area contributed by atoms with Crippen LogP contribution in [0.3, 0.4) is 0 Å². The molecule has 0 heterocycles. The molecule has 74 valence electrons. The summed E-state index contributed by atoms with van der Waals surface area (Å²) in [5.74, 6) is 0.905. The number of ether oxygens (including phenoxy) is 1. The van der Waals surface area contributed by atoms with Gasteiger partial charge in [0.15, 0.2) is 0 Å². The van der Waals surface area contributed by atoms with E-state index in [4.69, 9.17) is 4.74 Å². The highest BCUT2D eigenvalue weighted by Gasteiger charge is 2.00. The number of halogens is 1. The van der Waals surface area contributed by atoms with Crippen molar-refractivity contribution in [1.29, 1.82) is 0 Å². The molecule has 0 aliphatic heterocycles. The van der Waals surface area contributed by atoms with E-state index in [1.165, 1.54) is 5.56 Å². The number of methoxy groups -OCH3 is 1. The van der Waals surface area contributed by atoms with Gasteiger partial charge >= 0.3 is 0 Å². The Morgan fingerprint density at radius 3 is 2.15 bits per heavy atom. The minimum absolute atomic E-state index is 0. The number of hydrogen-bond acceptors (Lipinski definition) is 2. The van der Waals surface area contributed by atoms with Crippen LogP contribution in [0.25, 0.3) is 0 Å². The van der Waals surface area contributed by atoms with Crippen LogP contribution >= 0.6 is 12.4 Å². The van der Waals surface area contributed by atoms with Gasteiger partial charge in [-0.05, 0) is 31.7 Å². The van der Waals surface area contributed by atoms with Crippen molar-refractivity contribution in [3.8, 4) is 5.75 Å². The van der Waals surface area contributed by atoms with E-state index >= 15 is 0 Å². The standard InChI is InChI=1S/C10H15NO.ClH/c1-8(11-2)9-4-6-10(12-3)7-5-9;/h4-8,11H,1-3H3;1H. The zero-order valence-electron chi connectivity index (χ0n) is 8.20. The van der Waals surface area contributed by atoms with E-state index < -0.39 is 0 Å². The van der Waals surface area contributed by atoms with Crippen LogP contribution in [0.5, 0.6) is 5.75 Å². The monoisotopic (exact) mass is 201 g/mol. The van der Waals surface area contributed by atoms with E-state index in [1.54, 1.807) is 7.11 Å². The summed E-state index contributed by atoms with van der Waals surface area (Å²) in [6.45, 7) is 2.13. The Balaban J connectivity index is 0.00000144. The van der Waals surface area contributed by atoms with Gasteiger partial charge in [0.25, 0.3) is 0 Å². The molecular formula is C10H16ClNO. The molecule has 0 saturated heterocycles. The molecule has 1 atom stereocenters. The molecule has 1 aromatic carbocycles. The van der Waals surface area contributed by atoms with Gasteiger partial charge in [-0.15, -0.1) is 12.4 Å². The van der Waals surface area contributed by atoms with E-state index in [1.807, 2.05) is 19.2 Å². The van der Waals surface area contributed by atoms with Crippen molar-refractivity contribution in [3.05, 3.63) is 29.8 Å². The Labute approximate surface area is 85.7 Å². The molecule has 3 heteroatoms. The summed E-state index contributed by atoms with van der Waals surface area (Å²) in [6, 6.07) is 8.49. The second-order valence-electron chi connectivity index (χ2n) is 2.78. The normalized spacial score (nSPS) is 11.6. The van der Waals surface area contributed by atoms with Gasteiger partial charge in [-0.1, -0.05) is 12.1 Å². The van der Waals surface area contributed by atoms with Crippen molar-refractivity contribution in [1.82, 2.24) is 5.32 Å². The summed E-state index contributed by atoms with van der Waals surface area (Å²) in [5.41, 5.74) is 1.28. The number of benzene rings is 1. The summed E-state index contributed by atoms with van der Waals surface area (Å²) in [7, 11) is 3.63. The van der Waals surface area contributed by atoms with Gasteiger partial charge in [0.05, 0.1) is 7.11 Å². The molecule has 0 saturated carbocycles. The van der Waals surface area contributed by atoms with E-state index in [2.05, 4.69) is 24.4 Å². The van der Waals surface area contributed by atoms with Gasteiger partial charge in [0.2, 0.25) is 0 Å². The third kappa shape index (κ3) is 3.25. The van der Waals surface area contributed by atoms with Crippen molar-refractivity contribution >= 4 is 12.4 Å². The fourth-order valence-electron chi connectivity index (χ4n) is 1.06. The molecule has 1 N–H and O–H groups in total. The maximum atomic E-state index is 5.06. The first kappa shape index (κ1) is 12.3. The second kappa shape index (κ2) is 5.84. The molecular weight excluding hydrogens is 186 g/mol. The lowest BCUT2D eigenvalue weighted by Crippen LogP contribution is -2.11. The predicted molar refractivity (Wildman–Crippen MR) is 57.7 cm³/mol. The lowest BCUT2D eigenvalue weighted by molar-refractivity contribution is 0.414. The number of rotatable bonds is 3. The number of hydrogen-bond donors (Lipinski definition) is 1. The Bertz CT molecular complexity index is 235. The average Bonchev–Trinajstić information content (AvgIpc) is 2.17. The van der Waals surface area contributed by atoms with Crippen LogP contribution < -0.4 is 10.1 Å². The fourth-order valence-corrected chi connectivity index (χ4v) is 1.06. The molecule has 0 amide bonds. The van der Waals surface area contributed by atoms with Gasteiger partial charge in [-0.2, -0.15) is 0 Å². The van der Waals surface area contributed by atoms with Crippen LogP contribution in [-0.4, -0.2) is 14.2 Å². The Morgan fingerprint density at radius 2 is 1.77 bits per heavy atom.